The zero-order chi connectivity index (χ0) is 22.8. The van der Waals surface area contributed by atoms with Gasteiger partial charge in [-0.1, -0.05) is 13.8 Å². The maximum absolute atomic E-state index is 12.9. The lowest BCUT2D eigenvalue weighted by atomic mass is 10.1. The Hall–Kier alpha value is -1.49. The molecule has 0 aliphatic carbocycles. The fourth-order valence-electron chi connectivity index (χ4n) is 4.36. The standard InChI is InChI=1S/C21H38N6O3S/c1-17(2)16-27-19(4)20(18(3)22-27)6-7-21(28)24-10-14-26(15-11-24)31(29,30)25-12-8-23(5)9-13-25/h17H,6-16H2,1-5H3. The zero-order valence-electron chi connectivity index (χ0n) is 19.7. The Bertz CT molecular complexity index is 866. The highest BCUT2D eigenvalue weighted by Gasteiger charge is 2.34. The number of nitrogens with zero attached hydrogens (tertiary/aromatic N) is 6. The second-order valence-electron chi connectivity index (χ2n) is 9.22. The fraction of sp³-hybridized carbons (Fsp3) is 0.810. The van der Waals surface area contributed by atoms with Crippen molar-refractivity contribution in [2.75, 3.05) is 59.4 Å². The van der Waals surface area contributed by atoms with E-state index in [-0.39, 0.29) is 5.91 Å². The third-order valence-corrected chi connectivity index (χ3v) is 8.40. The van der Waals surface area contributed by atoms with Crippen LogP contribution in [-0.4, -0.2) is 102 Å². The number of amides is 1. The van der Waals surface area contributed by atoms with Crippen LogP contribution in [-0.2, 0) is 28.0 Å². The number of aromatic nitrogens is 2. The van der Waals surface area contributed by atoms with Gasteiger partial charge in [0.15, 0.2) is 0 Å². The molecule has 3 rings (SSSR count). The normalized spacial score (nSPS) is 20.0. The third kappa shape index (κ3) is 5.66. The lowest BCUT2D eigenvalue weighted by Gasteiger charge is -2.39. The molecule has 0 spiro atoms. The molecule has 3 heterocycles. The number of aryl methyl sites for hydroxylation is 1. The first-order valence-corrected chi connectivity index (χ1v) is 12.7. The highest BCUT2D eigenvalue weighted by atomic mass is 32.2. The van der Waals surface area contributed by atoms with Gasteiger partial charge in [-0.25, -0.2) is 0 Å². The molecule has 2 fully saturated rings. The van der Waals surface area contributed by atoms with Gasteiger partial charge >= 0.3 is 0 Å². The smallest absolute Gasteiger partial charge is 0.282 e. The average molecular weight is 455 g/mol. The summed E-state index contributed by atoms with van der Waals surface area (Å²) in [7, 11) is -1.43. The van der Waals surface area contributed by atoms with Crippen LogP contribution >= 0.6 is 0 Å². The minimum Gasteiger partial charge on any atom is -0.340 e. The van der Waals surface area contributed by atoms with Gasteiger partial charge in [-0.05, 0) is 38.8 Å². The Morgan fingerprint density at radius 3 is 2.06 bits per heavy atom. The van der Waals surface area contributed by atoms with E-state index in [4.69, 9.17) is 0 Å². The summed E-state index contributed by atoms with van der Waals surface area (Å²) in [6.07, 6.45) is 1.11. The number of carbonyl (C=O) groups is 1. The molecule has 2 saturated heterocycles. The van der Waals surface area contributed by atoms with Crippen molar-refractivity contribution >= 4 is 16.1 Å². The molecule has 2 aliphatic heterocycles. The second-order valence-corrected chi connectivity index (χ2v) is 11.1. The van der Waals surface area contributed by atoms with Crippen LogP contribution in [0.4, 0.5) is 0 Å². The van der Waals surface area contributed by atoms with E-state index >= 15 is 0 Å². The van der Waals surface area contributed by atoms with Crippen LogP contribution in [0.1, 0.15) is 37.2 Å². The summed E-state index contributed by atoms with van der Waals surface area (Å²) in [5.74, 6) is 0.609. The van der Waals surface area contributed by atoms with Crippen molar-refractivity contribution < 1.29 is 13.2 Å². The van der Waals surface area contributed by atoms with Crippen molar-refractivity contribution in [3.05, 3.63) is 17.0 Å². The van der Waals surface area contributed by atoms with Crippen LogP contribution in [0.2, 0.25) is 0 Å². The van der Waals surface area contributed by atoms with Crippen LogP contribution in [0.15, 0.2) is 0 Å². The van der Waals surface area contributed by atoms with Crippen LogP contribution in [0.5, 0.6) is 0 Å². The Kier molecular flexibility index (Phi) is 7.77. The summed E-state index contributed by atoms with van der Waals surface area (Å²) in [4.78, 5) is 16.7. The highest BCUT2D eigenvalue weighted by Crippen LogP contribution is 2.19. The molecular weight excluding hydrogens is 416 g/mol. The fourth-order valence-corrected chi connectivity index (χ4v) is 5.94. The SMILES string of the molecule is Cc1nn(CC(C)C)c(C)c1CCC(=O)N1CCN(S(=O)(=O)N2CCN(C)CC2)CC1. The maximum atomic E-state index is 12.9. The van der Waals surface area contributed by atoms with Gasteiger partial charge in [0.25, 0.3) is 10.2 Å². The van der Waals surface area contributed by atoms with Crippen molar-refractivity contribution in [2.24, 2.45) is 5.92 Å². The van der Waals surface area contributed by atoms with Gasteiger partial charge in [0.2, 0.25) is 5.91 Å². The molecule has 0 unspecified atom stereocenters. The van der Waals surface area contributed by atoms with Crippen molar-refractivity contribution in [2.45, 2.75) is 47.1 Å². The predicted molar refractivity (Wildman–Crippen MR) is 121 cm³/mol. The average Bonchev–Trinajstić information content (AvgIpc) is 2.98. The topological polar surface area (TPSA) is 82.0 Å². The summed E-state index contributed by atoms with van der Waals surface area (Å²) in [6, 6.07) is 0. The van der Waals surface area contributed by atoms with E-state index in [0.717, 1.165) is 36.6 Å². The first-order chi connectivity index (χ1) is 14.6. The van der Waals surface area contributed by atoms with E-state index in [9.17, 15) is 13.2 Å². The molecule has 10 heteroatoms. The molecule has 0 bridgehead atoms. The summed E-state index contributed by atoms with van der Waals surface area (Å²) in [5, 5.41) is 4.64. The minimum atomic E-state index is -3.44. The van der Waals surface area contributed by atoms with Gasteiger partial charge in [-0.3, -0.25) is 9.48 Å². The molecule has 2 aliphatic rings. The molecule has 1 aromatic rings. The Balaban J connectivity index is 1.51. The minimum absolute atomic E-state index is 0.0899. The summed E-state index contributed by atoms with van der Waals surface area (Å²) >= 11 is 0. The first kappa shape index (κ1) is 24.2. The first-order valence-electron chi connectivity index (χ1n) is 11.3. The van der Waals surface area contributed by atoms with Crippen LogP contribution in [0.3, 0.4) is 0 Å². The van der Waals surface area contributed by atoms with Gasteiger partial charge in [0.05, 0.1) is 5.69 Å². The molecule has 176 valence electrons. The van der Waals surface area contributed by atoms with E-state index in [0.29, 0.717) is 58.0 Å². The van der Waals surface area contributed by atoms with Gasteiger partial charge in [0.1, 0.15) is 0 Å². The van der Waals surface area contributed by atoms with Gasteiger partial charge in [0, 0.05) is 71.0 Å². The molecule has 0 atom stereocenters. The van der Waals surface area contributed by atoms with Crippen molar-refractivity contribution in [3.8, 4) is 0 Å². The van der Waals surface area contributed by atoms with Crippen LogP contribution < -0.4 is 0 Å². The third-order valence-electron chi connectivity index (χ3n) is 6.36. The van der Waals surface area contributed by atoms with Crippen molar-refractivity contribution in [3.63, 3.8) is 0 Å². The summed E-state index contributed by atoms with van der Waals surface area (Å²) in [5.41, 5.74) is 3.29. The lowest BCUT2D eigenvalue weighted by molar-refractivity contribution is -0.132. The maximum Gasteiger partial charge on any atom is 0.282 e. The number of likely N-dealkylation sites (N-methyl/N-ethyl adjacent to an activating group) is 1. The van der Waals surface area contributed by atoms with Gasteiger partial charge in [-0.15, -0.1) is 0 Å². The number of rotatable bonds is 7. The van der Waals surface area contributed by atoms with E-state index in [1.54, 1.807) is 9.21 Å². The van der Waals surface area contributed by atoms with Crippen LogP contribution in [0.25, 0.3) is 0 Å². The van der Waals surface area contributed by atoms with E-state index in [1.807, 2.05) is 18.7 Å². The van der Waals surface area contributed by atoms with Gasteiger partial charge in [-0.2, -0.15) is 22.1 Å². The molecule has 0 aromatic carbocycles. The number of hydrogen-bond acceptors (Lipinski definition) is 5. The predicted octanol–water partition coefficient (Wildman–Crippen LogP) is 0.725. The quantitative estimate of drug-likeness (QED) is 0.607. The Labute approximate surface area is 187 Å². The molecule has 0 radical (unpaired) electrons. The van der Waals surface area contributed by atoms with Gasteiger partial charge < -0.3 is 9.80 Å². The van der Waals surface area contributed by atoms with Crippen LogP contribution in [0, 0.1) is 19.8 Å². The van der Waals surface area contributed by atoms with E-state index in [1.165, 1.54) is 4.31 Å². The molecule has 0 N–H and O–H groups in total. The monoisotopic (exact) mass is 454 g/mol. The molecule has 31 heavy (non-hydrogen) atoms. The Morgan fingerprint density at radius 2 is 1.52 bits per heavy atom. The number of hydrogen-bond donors (Lipinski definition) is 0. The number of piperazine rings is 2. The molecular formula is C21H38N6O3S. The second kappa shape index (κ2) is 9.97. The van der Waals surface area contributed by atoms with Crippen molar-refractivity contribution in [1.82, 2.24) is 28.2 Å². The summed E-state index contributed by atoms with van der Waals surface area (Å²) in [6.45, 7) is 13.5. The summed E-state index contributed by atoms with van der Waals surface area (Å²) < 4.78 is 31.0. The largest absolute Gasteiger partial charge is 0.340 e. The highest BCUT2D eigenvalue weighted by molar-refractivity contribution is 7.86. The number of carbonyl (C=O) groups excluding carboxylic acids is 1. The molecule has 9 nitrogen and oxygen atoms in total. The van der Waals surface area contributed by atoms with Crippen molar-refractivity contribution in [1.29, 1.82) is 0 Å². The zero-order valence-corrected chi connectivity index (χ0v) is 20.5. The molecule has 0 saturated carbocycles. The Morgan fingerprint density at radius 1 is 0.968 bits per heavy atom. The van der Waals surface area contributed by atoms with E-state index in [2.05, 4.69) is 30.8 Å². The molecule has 1 aromatic heterocycles. The lowest BCUT2D eigenvalue weighted by Crippen LogP contribution is -2.57. The van der Waals surface area contributed by atoms with E-state index < -0.39 is 10.2 Å². The molecule has 1 amide bonds.